The van der Waals surface area contributed by atoms with E-state index < -0.39 is 17.8 Å². The summed E-state index contributed by atoms with van der Waals surface area (Å²) in [5.74, 6) is -0.430. The van der Waals surface area contributed by atoms with Crippen LogP contribution in [-0.2, 0) is 4.74 Å². The van der Waals surface area contributed by atoms with Crippen molar-refractivity contribution in [3.8, 4) is 0 Å². The number of aliphatic hydroxyl groups excluding tert-OH is 4. The second-order valence-electron chi connectivity index (χ2n) is 6.20. The van der Waals surface area contributed by atoms with Gasteiger partial charge in [-0.3, -0.25) is 0 Å². The molecule has 1 aliphatic heterocycles. The smallest absolute Gasteiger partial charge is 0.0826 e. The molecule has 1 aliphatic rings. The van der Waals surface area contributed by atoms with Gasteiger partial charge in [0.1, 0.15) is 0 Å². The first-order valence-corrected chi connectivity index (χ1v) is 8.29. The second kappa shape index (κ2) is 9.06. The predicted molar refractivity (Wildman–Crippen MR) is 80.9 cm³/mol. The quantitative estimate of drug-likeness (QED) is 0.485. The Morgan fingerprint density at radius 2 is 1.43 bits per heavy atom. The summed E-state index contributed by atoms with van der Waals surface area (Å²) in [6.45, 7) is 4.08. The highest BCUT2D eigenvalue weighted by molar-refractivity contribution is 5.01. The fraction of sp³-hybridized carbons (Fsp3) is 1.00. The minimum atomic E-state index is -0.853. The summed E-state index contributed by atoms with van der Waals surface area (Å²) in [5, 5.41) is 39.3. The molecule has 0 bridgehead atoms. The van der Waals surface area contributed by atoms with Crippen LogP contribution in [0, 0.1) is 11.8 Å². The van der Waals surface area contributed by atoms with Gasteiger partial charge in [-0.2, -0.15) is 0 Å². The predicted octanol–water partition coefficient (Wildman–Crippen LogP) is 1.07. The van der Waals surface area contributed by atoms with E-state index in [9.17, 15) is 20.4 Å². The van der Waals surface area contributed by atoms with Crippen LogP contribution in [-0.4, -0.2) is 58.1 Å². The lowest BCUT2D eigenvalue weighted by Crippen LogP contribution is -2.54. The third-order valence-electron chi connectivity index (χ3n) is 4.84. The normalized spacial score (nSPS) is 28.3. The molecule has 4 N–H and O–H groups in total. The van der Waals surface area contributed by atoms with Crippen molar-refractivity contribution in [2.45, 2.75) is 70.2 Å². The largest absolute Gasteiger partial charge is 0.394 e. The van der Waals surface area contributed by atoms with Crippen LogP contribution in [0.15, 0.2) is 0 Å². The van der Waals surface area contributed by atoms with E-state index in [-0.39, 0.29) is 25.0 Å². The van der Waals surface area contributed by atoms with Crippen LogP contribution >= 0.6 is 0 Å². The molecular weight excluding hydrogens is 272 g/mol. The molecule has 0 saturated carbocycles. The first-order valence-electron chi connectivity index (χ1n) is 8.29. The summed E-state index contributed by atoms with van der Waals surface area (Å²) >= 11 is 0. The third kappa shape index (κ3) is 4.17. The van der Waals surface area contributed by atoms with Gasteiger partial charge in [-0.1, -0.05) is 26.7 Å². The number of rotatable bonds is 10. The van der Waals surface area contributed by atoms with Crippen molar-refractivity contribution in [2.75, 3.05) is 19.8 Å². The summed E-state index contributed by atoms with van der Waals surface area (Å²) in [6, 6.07) is 0. The molecule has 0 amide bonds. The lowest BCUT2D eigenvalue weighted by Gasteiger charge is -2.46. The average molecular weight is 304 g/mol. The minimum absolute atomic E-state index is 0.215. The zero-order valence-corrected chi connectivity index (χ0v) is 13.4. The molecule has 0 aliphatic carbocycles. The van der Waals surface area contributed by atoms with Crippen molar-refractivity contribution < 1.29 is 25.2 Å². The van der Waals surface area contributed by atoms with Gasteiger partial charge in [-0.05, 0) is 25.7 Å². The maximum Gasteiger partial charge on any atom is 0.0826 e. The molecule has 5 nitrogen and oxygen atoms in total. The van der Waals surface area contributed by atoms with Gasteiger partial charge < -0.3 is 25.2 Å². The molecular formula is C16H32O5. The Morgan fingerprint density at radius 3 is 1.71 bits per heavy atom. The Labute approximate surface area is 127 Å². The van der Waals surface area contributed by atoms with Crippen LogP contribution in [0.2, 0.25) is 0 Å². The summed E-state index contributed by atoms with van der Waals surface area (Å²) in [6.07, 6.45) is 3.16. The van der Waals surface area contributed by atoms with E-state index in [1.807, 2.05) is 13.8 Å². The van der Waals surface area contributed by atoms with Crippen LogP contribution in [0.3, 0.4) is 0 Å². The van der Waals surface area contributed by atoms with Crippen molar-refractivity contribution in [2.24, 2.45) is 11.8 Å². The standard InChI is InChI=1S/C16H32O5/c1-3-6-12(14(19)10-17)16(8-5-9-21-16)13(7-4-2)15(20)11-18/h12-15,17-20H,3-11H2,1-2H3. The Hall–Kier alpha value is -0.200. The molecule has 0 spiro atoms. The van der Waals surface area contributed by atoms with Gasteiger partial charge in [-0.15, -0.1) is 0 Å². The van der Waals surface area contributed by atoms with Gasteiger partial charge in [0.05, 0.1) is 31.0 Å². The summed E-state index contributed by atoms with van der Waals surface area (Å²) < 4.78 is 6.07. The monoisotopic (exact) mass is 304 g/mol. The van der Waals surface area contributed by atoms with E-state index in [0.717, 1.165) is 38.5 Å². The van der Waals surface area contributed by atoms with E-state index in [0.29, 0.717) is 6.61 Å². The molecule has 1 rings (SSSR count). The maximum absolute atomic E-state index is 10.3. The minimum Gasteiger partial charge on any atom is -0.394 e. The Kier molecular flexibility index (Phi) is 8.13. The van der Waals surface area contributed by atoms with Gasteiger partial charge >= 0.3 is 0 Å². The second-order valence-corrected chi connectivity index (χ2v) is 6.20. The molecule has 0 aromatic carbocycles. The van der Waals surface area contributed by atoms with Gasteiger partial charge in [-0.25, -0.2) is 0 Å². The summed E-state index contributed by atoms with van der Waals surface area (Å²) in [7, 11) is 0. The first-order chi connectivity index (χ1) is 10.1. The van der Waals surface area contributed by atoms with E-state index in [4.69, 9.17) is 4.74 Å². The van der Waals surface area contributed by atoms with Crippen molar-refractivity contribution in [3.05, 3.63) is 0 Å². The highest BCUT2D eigenvalue weighted by Gasteiger charge is 2.52. The Morgan fingerprint density at radius 1 is 0.952 bits per heavy atom. The van der Waals surface area contributed by atoms with E-state index in [1.165, 1.54) is 0 Å². The average Bonchev–Trinajstić information content (AvgIpc) is 2.98. The van der Waals surface area contributed by atoms with Crippen LogP contribution in [0.1, 0.15) is 52.4 Å². The van der Waals surface area contributed by atoms with E-state index in [2.05, 4.69) is 0 Å². The van der Waals surface area contributed by atoms with Crippen LogP contribution < -0.4 is 0 Å². The van der Waals surface area contributed by atoms with Crippen LogP contribution in [0.4, 0.5) is 0 Å². The first kappa shape index (κ1) is 18.8. The van der Waals surface area contributed by atoms with Gasteiger partial charge in [0.25, 0.3) is 0 Å². The molecule has 126 valence electrons. The fourth-order valence-electron chi connectivity index (χ4n) is 3.94. The fourth-order valence-corrected chi connectivity index (χ4v) is 3.94. The highest BCUT2D eigenvalue weighted by Crippen LogP contribution is 2.46. The summed E-state index contributed by atoms with van der Waals surface area (Å²) in [5.41, 5.74) is -0.643. The van der Waals surface area contributed by atoms with Crippen molar-refractivity contribution in [1.29, 1.82) is 0 Å². The number of hydrogen-bond acceptors (Lipinski definition) is 5. The van der Waals surface area contributed by atoms with Crippen molar-refractivity contribution in [1.82, 2.24) is 0 Å². The number of ether oxygens (including phenoxy) is 1. The number of aliphatic hydroxyl groups is 4. The lowest BCUT2D eigenvalue weighted by atomic mass is 9.67. The Balaban J connectivity index is 3.12. The summed E-state index contributed by atoms with van der Waals surface area (Å²) in [4.78, 5) is 0. The van der Waals surface area contributed by atoms with E-state index in [1.54, 1.807) is 0 Å². The lowest BCUT2D eigenvalue weighted by molar-refractivity contribution is -0.163. The molecule has 21 heavy (non-hydrogen) atoms. The maximum atomic E-state index is 10.3. The zero-order chi connectivity index (χ0) is 15.9. The molecule has 1 heterocycles. The molecule has 1 fully saturated rings. The molecule has 5 heteroatoms. The molecule has 0 radical (unpaired) electrons. The molecule has 4 unspecified atom stereocenters. The van der Waals surface area contributed by atoms with Crippen LogP contribution in [0.5, 0.6) is 0 Å². The molecule has 0 aromatic rings. The van der Waals surface area contributed by atoms with Gasteiger partial charge in [0, 0.05) is 18.4 Å². The molecule has 0 aromatic heterocycles. The van der Waals surface area contributed by atoms with Crippen molar-refractivity contribution >= 4 is 0 Å². The SMILES string of the molecule is CCCC(C(O)CO)C1(C(CCC)C(O)CO)CCCO1. The zero-order valence-electron chi connectivity index (χ0n) is 13.4. The molecule has 4 atom stereocenters. The van der Waals surface area contributed by atoms with Crippen LogP contribution in [0.25, 0.3) is 0 Å². The number of hydrogen-bond donors (Lipinski definition) is 4. The molecule has 1 saturated heterocycles. The Bertz CT molecular complexity index is 256. The topological polar surface area (TPSA) is 90.2 Å². The van der Waals surface area contributed by atoms with E-state index >= 15 is 0 Å². The third-order valence-corrected chi connectivity index (χ3v) is 4.84. The van der Waals surface area contributed by atoms with Crippen molar-refractivity contribution in [3.63, 3.8) is 0 Å². The van der Waals surface area contributed by atoms with Gasteiger partial charge in [0.2, 0.25) is 0 Å². The highest BCUT2D eigenvalue weighted by atomic mass is 16.5. The van der Waals surface area contributed by atoms with Gasteiger partial charge in [0.15, 0.2) is 0 Å².